The maximum Gasteiger partial charge on any atom is 0.249 e. The number of halogens is 1. The highest BCUT2D eigenvalue weighted by atomic mass is 19.1. The van der Waals surface area contributed by atoms with Crippen LogP contribution in [0.1, 0.15) is 17.5 Å². The van der Waals surface area contributed by atoms with E-state index in [1.165, 1.54) is 12.1 Å². The molecule has 0 unspecified atom stereocenters. The number of benzene rings is 2. The Bertz CT molecular complexity index is 741. The summed E-state index contributed by atoms with van der Waals surface area (Å²) < 4.78 is 13.0. The first kappa shape index (κ1) is 16.2. The lowest BCUT2D eigenvalue weighted by Crippen LogP contribution is -2.42. The largest absolute Gasteiger partial charge is 0.344 e. The number of rotatable bonds is 4. The van der Waals surface area contributed by atoms with Gasteiger partial charge in [-0.1, -0.05) is 29.8 Å². The smallest absolute Gasteiger partial charge is 0.249 e. The quantitative estimate of drug-likeness (QED) is 0.939. The number of hydrogen-bond donors (Lipinski definition) is 1. The minimum atomic E-state index is -0.520. The fourth-order valence-electron chi connectivity index (χ4n) is 2.83. The molecule has 0 bridgehead atoms. The van der Waals surface area contributed by atoms with E-state index in [0.29, 0.717) is 18.7 Å². The Kier molecular flexibility index (Phi) is 4.60. The normalized spacial score (nSPS) is 17.2. The minimum Gasteiger partial charge on any atom is -0.344 e. The van der Waals surface area contributed by atoms with Gasteiger partial charge in [-0.25, -0.2) is 4.39 Å². The topological polar surface area (TPSA) is 49.4 Å². The summed E-state index contributed by atoms with van der Waals surface area (Å²) >= 11 is 0. The number of anilines is 1. The molecule has 2 aromatic carbocycles. The van der Waals surface area contributed by atoms with Crippen LogP contribution in [-0.4, -0.2) is 24.4 Å². The zero-order valence-electron chi connectivity index (χ0n) is 13.5. The van der Waals surface area contributed by atoms with Crippen molar-refractivity contribution in [3.8, 4) is 0 Å². The van der Waals surface area contributed by atoms with Gasteiger partial charge in [0.2, 0.25) is 11.8 Å². The first-order chi connectivity index (χ1) is 11.5. The van der Waals surface area contributed by atoms with Crippen molar-refractivity contribution in [1.29, 1.82) is 0 Å². The van der Waals surface area contributed by atoms with Gasteiger partial charge in [0.1, 0.15) is 11.9 Å². The number of nitrogens with one attached hydrogen (secondary N) is 1. The summed E-state index contributed by atoms with van der Waals surface area (Å²) in [4.78, 5) is 26.2. The first-order valence-corrected chi connectivity index (χ1v) is 7.95. The molecular formula is C19H19FN2O2. The van der Waals surface area contributed by atoms with Crippen LogP contribution < -0.4 is 10.2 Å². The molecule has 0 radical (unpaired) electrons. The van der Waals surface area contributed by atoms with Crippen LogP contribution in [0.15, 0.2) is 48.5 Å². The van der Waals surface area contributed by atoms with Crippen molar-refractivity contribution in [2.45, 2.75) is 25.8 Å². The molecule has 1 aliphatic heterocycles. The summed E-state index contributed by atoms with van der Waals surface area (Å²) in [5.74, 6) is -0.662. The number of carbonyl (C=O) groups is 2. The van der Waals surface area contributed by atoms with Gasteiger partial charge in [-0.15, -0.1) is 0 Å². The second kappa shape index (κ2) is 6.83. The van der Waals surface area contributed by atoms with E-state index in [4.69, 9.17) is 0 Å². The minimum absolute atomic E-state index is 0.154. The van der Waals surface area contributed by atoms with Crippen molar-refractivity contribution < 1.29 is 14.0 Å². The van der Waals surface area contributed by atoms with Crippen LogP contribution in [0.5, 0.6) is 0 Å². The lowest BCUT2D eigenvalue weighted by molar-refractivity contribution is -0.126. The number of nitrogens with zero attached hydrogens (tertiary/aromatic N) is 1. The Morgan fingerprint density at radius 3 is 2.50 bits per heavy atom. The average molecular weight is 326 g/mol. The summed E-state index contributed by atoms with van der Waals surface area (Å²) in [7, 11) is 0. The Hall–Kier alpha value is -2.69. The van der Waals surface area contributed by atoms with Gasteiger partial charge in [-0.3, -0.25) is 9.59 Å². The van der Waals surface area contributed by atoms with E-state index in [1.807, 2.05) is 31.2 Å². The van der Waals surface area contributed by atoms with Crippen molar-refractivity contribution in [3.05, 3.63) is 65.5 Å². The molecule has 0 aliphatic carbocycles. The molecule has 1 saturated heterocycles. The van der Waals surface area contributed by atoms with Crippen LogP contribution in [0.2, 0.25) is 0 Å². The highest BCUT2D eigenvalue weighted by Gasteiger charge is 2.33. The zero-order valence-corrected chi connectivity index (χ0v) is 13.5. The lowest BCUT2D eigenvalue weighted by atomic mass is 10.1. The van der Waals surface area contributed by atoms with Gasteiger partial charge in [0, 0.05) is 12.2 Å². The van der Waals surface area contributed by atoms with Crippen molar-refractivity contribution in [2.24, 2.45) is 0 Å². The van der Waals surface area contributed by atoms with Crippen molar-refractivity contribution in [1.82, 2.24) is 5.32 Å². The molecule has 5 heteroatoms. The first-order valence-electron chi connectivity index (χ1n) is 7.95. The predicted molar refractivity (Wildman–Crippen MR) is 90.2 cm³/mol. The van der Waals surface area contributed by atoms with E-state index < -0.39 is 6.04 Å². The van der Waals surface area contributed by atoms with Crippen molar-refractivity contribution in [2.75, 3.05) is 11.4 Å². The Morgan fingerprint density at radius 1 is 1.17 bits per heavy atom. The molecule has 124 valence electrons. The summed E-state index contributed by atoms with van der Waals surface area (Å²) in [6, 6.07) is 13.0. The zero-order chi connectivity index (χ0) is 17.1. The molecule has 1 aliphatic rings. The van der Waals surface area contributed by atoms with Gasteiger partial charge in [0.15, 0.2) is 0 Å². The molecule has 3 rings (SSSR count). The third-order valence-corrected chi connectivity index (χ3v) is 4.16. The van der Waals surface area contributed by atoms with E-state index in [0.717, 1.165) is 11.1 Å². The van der Waals surface area contributed by atoms with E-state index >= 15 is 0 Å². The average Bonchev–Trinajstić information content (AvgIpc) is 2.91. The van der Waals surface area contributed by atoms with Crippen LogP contribution in [0.4, 0.5) is 10.1 Å². The Morgan fingerprint density at radius 2 is 1.83 bits per heavy atom. The van der Waals surface area contributed by atoms with Crippen molar-refractivity contribution >= 4 is 17.5 Å². The van der Waals surface area contributed by atoms with Crippen LogP contribution >= 0.6 is 0 Å². The Balaban J connectivity index is 1.60. The number of hydrogen-bond acceptors (Lipinski definition) is 2. The van der Waals surface area contributed by atoms with Crippen LogP contribution in [-0.2, 0) is 16.0 Å². The molecule has 2 aromatic rings. The maximum absolute atomic E-state index is 13.0. The van der Waals surface area contributed by atoms with Gasteiger partial charge in [0.05, 0.1) is 6.42 Å². The van der Waals surface area contributed by atoms with Gasteiger partial charge >= 0.3 is 0 Å². The molecular weight excluding hydrogens is 307 g/mol. The molecule has 2 amide bonds. The van der Waals surface area contributed by atoms with E-state index in [9.17, 15) is 14.0 Å². The maximum atomic E-state index is 13.0. The SMILES string of the molecule is Cc1ccc(CC(=O)N[C@H]2CCN(c3ccc(F)cc3)C2=O)cc1. The molecule has 1 atom stereocenters. The lowest BCUT2D eigenvalue weighted by Gasteiger charge is -2.17. The second-order valence-electron chi connectivity index (χ2n) is 6.04. The van der Waals surface area contributed by atoms with Gasteiger partial charge in [-0.2, -0.15) is 0 Å². The van der Waals surface area contributed by atoms with Crippen molar-refractivity contribution in [3.63, 3.8) is 0 Å². The van der Waals surface area contributed by atoms with Gasteiger partial charge < -0.3 is 10.2 Å². The third-order valence-electron chi connectivity index (χ3n) is 4.16. The molecule has 1 N–H and O–H groups in total. The van der Waals surface area contributed by atoms with E-state index in [-0.39, 0.29) is 24.1 Å². The monoisotopic (exact) mass is 326 g/mol. The summed E-state index contributed by atoms with van der Waals surface area (Å²) in [6.45, 7) is 2.50. The third kappa shape index (κ3) is 3.62. The molecule has 1 heterocycles. The molecule has 0 saturated carbocycles. The van der Waals surface area contributed by atoms with Gasteiger partial charge in [-0.05, 0) is 43.2 Å². The summed E-state index contributed by atoms with van der Waals surface area (Å²) in [5.41, 5.74) is 2.70. The molecule has 1 fully saturated rings. The standard InChI is InChI=1S/C19H19FN2O2/c1-13-2-4-14(5-3-13)12-18(23)21-17-10-11-22(19(17)24)16-8-6-15(20)7-9-16/h2-9,17H,10-12H2,1H3,(H,21,23)/t17-/m0/s1. The Labute approximate surface area is 140 Å². The molecule has 24 heavy (non-hydrogen) atoms. The van der Waals surface area contributed by atoms with Gasteiger partial charge in [0.25, 0.3) is 0 Å². The summed E-state index contributed by atoms with van der Waals surface area (Å²) in [5, 5.41) is 2.80. The highest BCUT2D eigenvalue weighted by molar-refractivity contribution is 6.01. The van der Waals surface area contributed by atoms with Crippen LogP contribution in [0.3, 0.4) is 0 Å². The van der Waals surface area contributed by atoms with E-state index in [1.54, 1.807) is 17.0 Å². The predicted octanol–water partition coefficient (Wildman–Crippen LogP) is 2.60. The fourth-order valence-corrected chi connectivity index (χ4v) is 2.83. The second-order valence-corrected chi connectivity index (χ2v) is 6.04. The molecule has 0 spiro atoms. The number of amides is 2. The number of carbonyl (C=O) groups excluding carboxylic acids is 2. The molecule has 0 aromatic heterocycles. The van der Waals surface area contributed by atoms with E-state index in [2.05, 4.69) is 5.32 Å². The fraction of sp³-hybridized carbons (Fsp3) is 0.263. The molecule has 4 nitrogen and oxygen atoms in total. The number of aryl methyl sites for hydroxylation is 1. The van der Waals surface area contributed by atoms with Crippen LogP contribution in [0.25, 0.3) is 0 Å². The highest BCUT2D eigenvalue weighted by Crippen LogP contribution is 2.22. The summed E-state index contributed by atoms with van der Waals surface area (Å²) in [6.07, 6.45) is 0.802. The van der Waals surface area contributed by atoms with Crippen LogP contribution in [0, 0.1) is 12.7 Å².